The van der Waals surface area contributed by atoms with Gasteiger partial charge in [-0.1, -0.05) is 37.6 Å². The van der Waals surface area contributed by atoms with Crippen molar-refractivity contribution in [2.45, 2.75) is 39.4 Å². The van der Waals surface area contributed by atoms with Crippen molar-refractivity contribution < 1.29 is 9.53 Å². The number of hydrogen-bond donors (Lipinski definition) is 2. The molecule has 1 aromatic carbocycles. The third-order valence-corrected chi connectivity index (χ3v) is 4.88. The smallest absolute Gasteiger partial charge is 0.322 e. The predicted octanol–water partition coefficient (Wildman–Crippen LogP) is 3.03. The molecular formula is C21H25N7O2. The largest absolute Gasteiger partial charge is 0.463 e. The van der Waals surface area contributed by atoms with Crippen molar-refractivity contribution >= 4 is 17.5 Å². The van der Waals surface area contributed by atoms with Crippen LogP contribution in [0.5, 0.6) is 6.01 Å². The number of fused-ring (bicyclic) bond motifs is 1. The maximum absolute atomic E-state index is 12.5. The van der Waals surface area contributed by atoms with Gasteiger partial charge in [0.05, 0.1) is 25.4 Å². The van der Waals surface area contributed by atoms with Crippen LogP contribution in [0.4, 0.5) is 16.3 Å². The average molecular weight is 407 g/mol. The number of ether oxygens (including phenoxy) is 1. The molecule has 0 aliphatic carbocycles. The van der Waals surface area contributed by atoms with Gasteiger partial charge < -0.3 is 20.7 Å². The van der Waals surface area contributed by atoms with Crippen LogP contribution in [0.2, 0.25) is 0 Å². The Hall–Kier alpha value is -3.62. The minimum absolute atomic E-state index is 0.224. The first-order chi connectivity index (χ1) is 14.6. The van der Waals surface area contributed by atoms with Crippen LogP contribution in [-0.4, -0.2) is 37.3 Å². The van der Waals surface area contributed by atoms with E-state index in [1.54, 1.807) is 11.1 Å². The summed E-state index contributed by atoms with van der Waals surface area (Å²) in [6.45, 7) is 4.14. The lowest BCUT2D eigenvalue weighted by Gasteiger charge is -2.29. The first-order valence-electron chi connectivity index (χ1n) is 10.0. The minimum Gasteiger partial charge on any atom is -0.463 e. The third-order valence-electron chi connectivity index (χ3n) is 4.88. The fourth-order valence-electron chi connectivity index (χ4n) is 3.24. The number of carbonyl (C=O) groups is 1. The van der Waals surface area contributed by atoms with E-state index in [1.807, 2.05) is 41.2 Å². The lowest BCUT2D eigenvalue weighted by atomic mass is 10.1. The van der Waals surface area contributed by atoms with Gasteiger partial charge in [0.25, 0.3) is 0 Å². The Morgan fingerprint density at radius 1 is 1.17 bits per heavy atom. The third kappa shape index (κ3) is 4.51. The molecule has 3 aromatic rings. The normalized spacial score (nSPS) is 13.1. The highest BCUT2D eigenvalue weighted by atomic mass is 16.5. The number of anilines is 2. The number of nitrogen functional groups attached to an aromatic ring is 1. The van der Waals surface area contributed by atoms with Crippen LogP contribution in [0.25, 0.3) is 0 Å². The molecule has 0 fully saturated rings. The van der Waals surface area contributed by atoms with Gasteiger partial charge in [-0.25, -0.2) is 4.79 Å². The number of nitrogens with zero attached hydrogens (tertiary/aromatic N) is 5. The quantitative estimate of drug-likeness (QED) is 0.555. The molecule has 2 amide bonds. The fourth-order valence-corrected chi connectivity index (χ4v) is 3.24. The van der Waals surface area contributed by atoms with E-state index >= 15 is 0 Å². The summed E-state index contributed by atoms with van der Waals surface area (Å²) in [7, 11) is 0. The number of carbonyl (C=O) groups excluding carboxylic acids is 1. The Labute approximate surface area is 174 Å². The van der Waals surface area contributed by atoms with Gasteiger partial charge in [-0.15, -0.1) is 0 Å². The van der Waals surface area contributed by atoms with E-state index in [1.165, 1.54) is 0 Å². The molecule has 156 valence electrons. The Kier molecular flexibility index (Phi) is 5.78. The first-order valence-corrected chi connectivity index (χ1v) is 10.0. The van der Waals surface area contributed by atoms with Gasteiger partial charge in [0.1, 0.15) is 5.69 Å². The zero-order valence-corrected chi connectivity index (χ0v) is 16.9. The number of amides is 2. The molecular weight excluding hydrogens is 382 g/mol. The molecule has 3 heterocycles. The lowest BCUT2D eigenvalue weighted by Crippen LogP contribution is -2.39. The Bertz CT molecular complexity index is 1000. The molecule has 0 saturated heterocycles. The van der Waals surface area contributed by atoms with E-state index < -0.39 is 0 Å². The number of rotatable bonds is 8. The summed E-state index contributed by atoms with van der Waals surface area (Å²) in [4.78, 5) is 22.8. The van der Waals surface area contributed by atoms with Gasteiger partial charge in [-0.05, 0) is 23.6 Å². The highest BCUT2D eigenvalue weighted by molar-refractivity contribution is 5.94. The standard InChI is InChI=1S/C21H25N7O2/c1-2-3-11-30-20-24-17-14-27(21(29)25-18(17)19(22)26-20)12-15-5-7-16(8-6-15)13-28-10-4-9-23-28/h4-10H,2-3,11-14H2,1H3,(H,25,29)(H2,22,24,26). The number of benzene rings is 1. The van der Waals surface area contributed by atoms with Gasteiger partial charge in [-0.3, -0.25) is 4.68 Å². The SMILES string of the molecule is CCCCOc1nc(N)c2c(n1)CN(Cc1ccc(Cn3cccn3)cc1)C(=O)N2. The van der Waals surface area contributed by atoms with Crippen LogP contribution in [0.15, 0.2) is 42.7 Å². The molecule has 0 radical (unpaired) electrons. The van der Waals surface area contributed by atoms with Gasteiger partial charge in [-0.2, -0.15) is 15.1 Å². The number of unbranched alkanes of at least 4 members (excludes halogenated alkanes) is 1. The molecule has 4 rings (SSSR count). The van der Waals surface area contributed by atoms with E-state index in [0.717, 1.165) is 24.0 Å². The molecule has 0 atom stereocenters. The van der Waals surface area contributed by atoms with Crippen LogP contribution in [0, 0.1) is 0 Å². The molecule has 9 nitrogen and oxygen atoms in total. The van der Waals surface area contributed by atoms with Crippen molar-refractivity contribution in [2.24, 2.45) is 0 Å². The summed E-state index contributed by atoms with van der Waals surface area (Å²) >= 11 is 0. The molecule has 9 heteroatoms. The van der Waals surface area contributed by atoms with Crippen molar-refractivity contribution in [3.63, 3.8) is 0 Å². The minimum atomic E-state index is -0.224. The van der Waals surface area contributed by atoms with Gasteiger partial charge in [0.15, 0.2) is 5.82 Å². The summed E-state index contributed by atoms with van der Waals surface area (Å²) in [5.74, 6) is 0.225. The number of nitrogens with two attached hydrogens (primary N) is 1. The van der Waals surface area contributed by atoms with E-state index in [9.17, 15) is 4.79 Å². The zero-order valence-electron chi connectivity index (χ0n) is 16.9. The second kappa shape index (κ2) is 8.81. The van der Waals surface area contributed by atoms with Gasteiger partial charge in [0.2, 0.25) is 0 Å². The summed E-state index contributed by atoms with van der Waals surface area (Å²) < 4.78 is 7.46. The van der Waals surface area contributed by atoms with E-state index in [-0.39, 0.29) is 17.9 Å². The Balaban J connectivity index is 1.44. The Morgan fingerprint density at radius 2 is 1.93 bits per heavy atom. The second-order valence-electron chi connectivity index (χ2n) is 7.22. The van der Waals surface area contributed by atoms with Crippen molar-refractivity contribution in [1.29, 1.82) is 0 Å². The second-order valence-corrected chi connectivity index (χ2v) is 7.22. The lowest BCUT2D eigenvalue weighted by molar-refractivity contribution is 0.202. The van der Waals surface area contributed by atoms with E-state index in [0.29, 0.717) is 37.6 Å². The van der Waals surface area contributed by atoms with Crippen molar-refractivity contribution in [3.8, 4) is 6.01 Å². The summed E-state index contributed by atoms with van der Waals surface area (Å²) in [6.07, 6.45) is 5.62. The maximum atomic E-state index is 12.5. The molecule has 1 aliphatic rings. The Morgan fingerprint density at radius 3 is 2.63 bits per heavy atom. The number of urea groups is 1. The fraction of sp³-hybridized carbons (Fsp3) is 0.333. The van der Waals surface area contributed by atoms with E-state index in [2.05, 4.69) is 27.3 Å². The highest BCUT2D eigenvalue weighted by Gasteiger charge is 2.27. The molecule has 0 spiro atoms. The van der Waals surface area contributed by atoms with Crippen molar-refractivity contribution in [3.05, 3.63) is 59.5 Å². The average Bonchev–Trinajstić information content (AvgIpc) is 3.24. The predicted molar refractivity (Wildman–Crippen MR) is 113 cm³/mol. The summed E-state index contributed by atoms with van der Waals surface area (Å²) in [5, 5.41) is 7.02. The molecule has 2 aromatic heterocycles. The first kappa shape index (κ1) is 19.7. The monoisotopic (exact) mass is 407 g/mol. The molecule has 0 unspecified atom stereocenters. The maximum Gasteiger partial charge on any atom is 0.322 e. The van der Waals surface area contributed by atoms with Gasteiger partial charge >= 0.3 is 12.0 Å². The number of nitrogens with one attached hydrogen (secondary N) is 1. The van der Waals surface area contributed by atoms with Crippen molar-refractivity contribution in [2.75, 3.05) is 17.7 Å². The summed E-state index contributed by atoms with van der Waals surface area (Å²) in [5.41, 5.74) is 9.30. The molecule has 0 bridgehead atoms. The molecule has 0 saturated carbocycles. The highest BCUT2D eigenvalue weighted by Crippen LogP contribution is 2.29. The summed E-state index contributed by atoms with van der Waals surface area (Å²) in [6, 6.07) is 10.1. The van der Waals surface area contributed by atoms with Crippen LogP contribution in [0.1, 0.15) is 36.6 Å². The van der Waals surface area contributed by atoms with Gasteiger partial charge in [0, 0.05) is 18.9 Å². The van der Waals surface area contributed by atoms with Crippen LogP contribution in [-0.2, 0) is 19.6 Å². The van der Waals surface area contributed by atoms with Crippen molar-refractivity contribution in [1.82, 2.24) is 24.6 Å². The molecule has 3 N–H and O–H groups in total. The van der Waals surface area contributed by atoms with Crippen LogP contribution in [0.3, 0.4) is 0 Å². The van der Waals surface area contributed by atoms with E-state index in [4.69, 9.17) is 10.5 Å². The number of aromatic nitrogens is 4. The molecule has 1 aliphatic heterocycles. The topological polar surface area (TPSA) is 111 Å². The zero-order chi connectivity index (χ0) is 20.9. The number of hydrogen-bond acceptors (Lipinski definition) is 6. The van der Waals surface area contributed by atoms with Crippen LogP contribution < -0.4 is 15.8 Å². The molecule has 30 heavy (non-hydrogen) atoms. The van der Waals surface area contributed by atoms with Crippen LogP contribution >= 0.6 is 0 Å².